The summed E-state index contributed by atoms with van der Waals surface area (Å²) in [7, 11) is 0. The maximum Gasteiger partial charge on any atom is 0.408 e. The maximum atomic E-state index is 11.9. The summed E-state index contributed by atoms with van der Waals surface area (Å²) in [5, 5.41) is 13.4. The van der Waals surface area contributed by atoms with Crippen molar-refractivity contribution in [2.45, 2.75) is 19.1 Å². The first-order chi connectivity index (χ1) is 12.0. The SMILES string of the molecule is O=C(O)CNCCC(=O)N1C[C@H](NC(=O)OCc2ccccc2)C1=O. The van der Waals surface area contributed by atoms with E-state index in [0.717, 1.165) is 10.5 Å². The van der Waals surface area contributed by atoms with Gasteiger partial charge in [0.1, 0.15) is 12.6 Å². The molecule has 1 atom stereocenters. The number of carbonyl (C=O) groups excluding carboxylic acids is 3. The average Bonchev–Trinajstić information content (AvgIpc) is 2.60. The molecule has 1 saturated heterocycles. The fourth-order valence-corrected chi connectivity index (χ4v) is 2.19. The number of imide groups is 1. The van der Waals surface area contributed by atoms with Gasteiger partial charge in [-0.05, 0) is 5.56 Å². The van der Waals surface area contributed by atoms with Crippen molar-refractivity contribution in [2.24, 2.45) is 0 Å². The van der Waals surface area contributed by atoms with E-state index in [1.807, 2.05) is 18.2 Å². The van der Waals surface area contributed by atoms with Crippen LogP contribution in [-0.4, -0.2) is 59.6 Å². The molecule has 1 heterocycles. The Morgan fingerprint density at radius 3 is 2.60 bits per heavy atom. The van der Waals surface area contributed by atoms with Crippen molar-refractivity contribution in [3.8, 4) is 0 Å². The lowest BCUT2D eigenvalue weighted by Crippen LogP contribution is -2.65. The van der Waals surface area contributed by atoms with Crippen LogP contribution in [0.15, 0.2) is 30.3 Å². The number of nitrogens with one attached hydrogen (secondary N) is 2. The second kappa shape index (κ2) is 8.78. The Hall–Kier alpha value is -2.94. The van der Waals surface area contributed by atoms with Gasteiger partial charge in [-0.25, -0.2) is 4.79 Å². The number of rotatable bonds is 8. The molecule has 0 unspecified atom stereocenters. The summed E-state index contributed by atoms with van der Waals surface area (Å²) in [6.07, 6.45) is -0.720. The van der Waals surface area contributed by atoms with Crippen molar-refractivity contribution in [1.29, 1.82) is 0 Å². The molecule has 0 aliphatic carbocycles. The predicted molar refractivity (Wildman–Crippen MR) is 85.4 cm³/mol. The Bertz CT molecular complexity index is 649. The quantitative estimate of drug-likeness (QED) is 0.435. The minimum Gasteiger partial charge on any atom is -0.480 e. The highest BCUT2D eigenvalue weighted by atomic mass is 16.5. The normalized spacial score (nSPS) is 16.1. The van der Waals surface area contributed by atoms with E-state index >= 15 is 0 Å². The van der Waals surface area contributed by atoms with E-state index in [0.29, 0.717) is 0 Å². The number of carboxylic acid groups (broad SMARTS) is 1. The third kappa shape index (κ3) is 5.57. The number of amides is 3. The summed E-state index contributed by atoms with van der Waals surface area (Å²) < 4.78 is 5.01. The number of carbonyl (C=O) groups is 4. The standard InChI is InChI=1S/C16H19N3O6/c20-13(6-7-17-8-14(21)22)19-9-12(15(19)23)18-16(24)25-10-11-4-2-1-3-5-11/h1-5,12,17H,6-10H2,(H,18,24)(H,21,22)/t12-/m0/s1. The third-order valence-corrected chi connectivity index (χ3v) is 3.53. The zero-order valence-corrected chi connectivity index (χ0v) is 13.4. The van der Waals surface area contributed by atoms with Crippen LogP contribution in [0, 0.1) is 0 Å². The van der Waals surface area contributed by atoms with Crippen molar-refractivity contribution in [3.63, 3.8) is 0 Å². The van der Waals surface area contributed by atoms with Gasteiger partial charge in [0.2, 0.25) is 5.91 Å². The number of β-lactam (4-membered cyclic amide) rings is 1. The molecule has 1 fully saturated rings. The number of aliphatic carboxylic acids is 1. The molecule has 0 radical (unpaired) electrons. The van der Waals surface area contributed by atoms with Gasteiger partial charge in [0, 0.05) is 13.0 Å². The minimum absolute atomic E-state index is 0.00416. The van der Waals surface area contributed by atoms with E-state index in [9.17, 15) is 19.2 Å². The van der Waals surface area contributed by atoms with E-state index in [2.05, 4.69) is 10.6 Å². The topological polar surface area (TPSA) is 125 Å². The van der Waals surface area contributed by atoms with Gasteiger partial charge in [0.25, 0.3) is 5.91 Å². The van der Waals surface area contributed by atoms with E-state index in [-0.39, 0.29) is 32.7 Å². The molecule has 0 aromatic heterocycles. The Morgan fingerprint density at radius 1 is 1.24 bits per heavy atom. The molecular weight excluding hydrogens is 330 g/mol. The Balaban J connectivity index is 1.65. The predicted octanol–water partition coefficient (Wildman–Crippen LogP) is -0.285. The van der Waals surface area contributed by atoms with Crippen LogP contribution in [0.3, 0.4) is 0 Å². The molecule has 0 bridgehead atoms. The Kier molecular flexibility index (Phi) is 6.47. The number of alkyl carbamates (subject to hydrolysis) is 1. The van der Waals surface area contributed by atoms with E-state index in [1.165, 1.54) is 0 Å². The fraction of sp³-hybridized carbons (Fsp3) is 0.375. The number of hydrogen-bond acceptors (Lipinski definition) is 6. The Labute approximate surface area is 143 Å². The largest absolute Gasteiger partial charge is 0.480 e. The van der Waals surface area contributed by atoms with Crippen LogP contribution in [0.2, 0.25) is 0 Å². The summed E-state index contributed by atoms with van der Waals surface area (Å²) in [6, 6.07) is 8.32. The molecule has 1 aliphatic heterocycles. The smallest absolute Gasteiger partial charge is 0.408 e. The Morgan fingerprint density at radius 2 is 1.96 bits per heavy atom. The van der Waals surface area contributed by atoms with Gasteiger partial charge < -0.3 is 20.5 Å². The van der Waals surface area contributed by atoms with Gasteiger partial charge in [0.05, 0.1) is 13.1 Å². The van der Waals surface area contributed by atoms with Crippen molar-refractivity contribution in [1.82, 2.24) is 15.5 Å². The highest BCUT2D eigenvalue weighted by Gasteiger charge is 2.41. The molecule has 0 spiro atoms. The number of carboxylic acids is 1. The second-order valence-corrected chi connectivity index (χ2v) is 5.42. The first kappa shape index (κ1) is 18.4. The van der Waals surface area contributed by atoms with Crippen LogP contribution in [0.4, 0.5) is 4.79 Å². The molecule has 2 rings (SSSR count). The van der Waals surface area contributed by atoms with Crippen LogP contribution >= 0.6 is 0 Å². The van der Waals surface area contributed by atoms with Crippen molar-refractivity contribution in [2.75, 3.05) is 19.6 Å². The minimum atomic E-state index is -1.02. The van der Waals surface area contributed by atoms with Crippen molar-refractivity contribution >= 4 is 23.9 Å². The zero-order valence-electron chi connectivity index (χ0n) is 13.4. The van der Waals surface area contributed by atoms with Crippen molar-refractivity contribution < 1.29 is 29.0 Å². The molecule has 9 nitrogen and oxygen atoms in total. The molecule has 134 valence electrons. The molecule has 1 aromatic carbocycles. The first-order valence-electron chi connectivity index (χ1n) is 7.71. The first-order valence-corrected chi connectivity index (χ1v) is 7.71. The number of ether oxygens (including phenoxy) is 1. The van der Waals surface area contributed by atoms with Gasteiger partial charge in [-0.1, -0.05) is 30.3 Å². The van der Waals surface area contributed by atoms with Crippen LogP contribution in [0.5, 0.6) is 0 Å². The lowest BCUT2D eigenvalue weighted by Gasteiger charge is -2.36. The van der Waals surface area contributed by atoms with Crippen LogP contribution in [0.1, 0.15) is 12.0 Å². The van der Waals surface area contributed by atoms with Gasteiger partial charge in [0.15, 0.2) is 0 Å². The summed E-state index contributed by atoms with van der Waals surface area (Å²) >= 11 is 0. The lowest BCUT2D eigenvalue weighted by molar-refractivity contribution is -0.155. The van der Waals surface area contributed by atoms with E-state index in [4.69, 9.17) is 9.84 Å². The summed E-state index contributed by atoms with van der Waals surface area (Å²) in [6.45, 7) is 0.0767. The van der Waals surface area contributed by atoms with E-state index in [1.54, 1.807) is 12.1 Å². The lowest BCUT2D eigenvalue weighted by atomic mass is 10.1. The molecule has 3 amide bonds. The molecule has 1 aromatic rings. The highest BCUT2D eigenvalue weighted by molar-refractivity contribution is 6.04. The van der Waals surface area contributed by atoms with Gasteiger partial charge >= 0.3 is 12.1 Å². The van der Waals surface area contributed by atoms with Crippen molar-refractivity contribution in [3.05, 3.63) is 35.9 Å². The van der Waals surface area contributed by atoms with Gasteiger partial charge in [-0.15, -0.1) is 0 Å². The maximum absolute atomic E-state index is 11.9. The molecule has 1 aliphatic rings. The zero-order chi connectivity index (χ0) is 18.2. The highest BCUT2D eigenvalue weighted by Crippen LogP contribution is 2.12. The van der Waals surface area contributed by atoms with Crippen LogP contribution < -0.4 is 10.6 Å². The van der Waals surface area contributed by atoms with Gasteiger partial charge in [-0.2, -0.15) is 0 Å². The summed E-state index contributed by atoms with van der Waals surface area (Å²) in [5.41, 5.74) is 0.822. The third-order valence-electron chi connectivity index (χ3n) is 3.53. The van der Waals surface area contributed by atoms with Crippen LogP contribution in [-0.2, 0) is 25.7 Å². The van der Waals surface area contributed by atoms with E-state index < -0.39 is 29.9 Å². The fourth-order valence-electron chi connectivity index (χ4n) is 2.19. The van der Waals surface area contributed by atoms with Crippen LogP contribution in [0.25, 0.3) is 0 Å². The average molecular weight is 349 g/mol. The van der Waals surface area contributed by atoms with Gasteiger partial charge in [-0.3, -0.25) is 19.3 Å². The summed E-state index contributed by atoms with van der Waals surface area (Å²) in [4.78, 5) is 46.7. The second-order valence-electron chi connectivity index (χ2n) is 5.42. The molecule has 9 heteroatoms. The number of likely N-dealkylation sites (tertiary alicyclic amines) is 1. The number of nitrogens with zero attached hydrogens (tertiary/aromatic N) is 1. The molecule has 25 heavy (non-hydrogen) atoms. The molecular formula is C16H19N3O6. The monoisotopic (exact) mass is 349 g/mol. The number of benzene rings is 1. The number of hydrogen-bond donors (Lipinski definition) is 3. The molecule has 0 saturated carbocycles. The molecule has 3 N–H and O–H groups in total. The summed E-state index contributed by atoms with van der Waals surface area (Å²) in [5.74, 6) is -1.94.